The van der Waals surface area contributed by atoms with Crippen molar-refractivity contribution in [3.63, 3.8) is 0 Å². The van der Waals surface area contributed by atoms with Crippen LogP contribution < -0.4 is 5.32 Å². The first-order valence-electron chi connectivity index (χ1n) is 6.83. The maximum absolute atomic E-state index is 4.33. The van der Waals surface area contributed by atoms with Crippen molar-refractivity contribution in [1.29, 1.82) is 0 Å². The summed E-state index contributed by atoms with van der Waals surface area (Å²) < 4.78 is 2.18. The number of nitrogens with zero attached hydrogens (tertiary/aromatic N) is 3. The van der Waals surface area contributed by atoms with E-state index in [0.717, 1.165) is 23.1 Å². The molecule has 2 aromatic heterocycles. The minimum absolute atomic E-state index is 0.426. The smallest absolute Gasteiger partial charge is 0.0951 e. The fraction of sp³-hybridized carbons (Fsp3) is 0.250. The van der Waals surface area contributed by atoms with Crippen molar-refractivity contribution in [3.8, 4) is 0 Å². The molecule has 0 saturated heterocycles. The van der Waals surface area contributed by atoms with E-state index in [0.29, 0.717) is 6.04 Å². The van der Waals surface area contributed by atoms with Crippen LogP contribution in [0.4, 0.5) is 5.69 Å². The van der Waals surface area contributed by atoms with Gasteiger partial charge in [0.2, 0.25) is 0 Å². The van der Waals surface area contributed by atoms with Crippen LogP contribution in [0.15, 0.2) is 49.1 Å². The highest BCUT2D eigenvalue weighted by Crippen LogP contribution is 2.18. The summed E-state index contributed by atoms with van der Waals surface area (Å²) in [5.41, 5.74) is 3.30. The normalized spacial score (nSPS) is 11.2. The molecule has 0 unspecified atom stereocenters. The molecule has 0 spiro atoms. The third-order valence-electron chi connectivity index (χ3n) is 3.38. The zero-order chi connectivity index (χ0) is 13.9. The minimum Gasteiger partial charge on any atom is -0.379 e. The summed E-state index contributed by atoms with van der Waals surface area (Å²) in [4.78, 5) is 8.55. The number of hydrogen-bond donors (Lipinski definition) is 1. The SMILES string of the molecule is CC(C)n1cncc1CNc1ccc2ncccc2c1. The van der Waals surface area contributed by atoms with Gasteiger partial charge < -0.3 is 9.88 Å². The van der Waals surface area contributed by atoms with Gasteiger partial charge in [-0.3, -0.25) is 4.98 Å². The first kappa shape index (κ1) is 12.7. The van der Waals surface area contributed by atoms with Gasteiger partial charge in [-0.1, -0.05) is 6.07 Å². The zero-order valence-electron chi connectivity index (χ0n) is 11.7. The lowest BCUT2D eigenvalue weighted by atomic mass is 10.2. The van der Waals surface area contributed by atoms with E-state index in [1.807, 2.05) is 30.9 Å². The molecule has 0 aliphatic carbocycles. The van der Waals surface area contributed by atoms with E-state index < -0.39 is 0 Å². The monoisotopic (exact) mass is 266 g/mol. The number of fused-ring (bicyclic) bond motifs is 1. The second-order valence-electron chi connectivity index (χ2n) is 5.15. The van der Waals surface area contributed by atoms with Gasteiger partial charge >= 0.3 is 0 Å². The molecule has 0 atom stereocenters. The average molecular weight is 266 g/mol. The molecule has 0 bridgehead atoms. The van der Waals surface area contributed by atoms with Crippen LogP contribution in [-0.2, 0) is 6.54 Å². The number of benzene rings is 1. The third-order valence-corrected chi connectivity index (χ3v) is 3.38. The van der Waals surface area contributed by atoms with E-state index in [-0.39, 0.29) is 0 Å². The van der Waals surface area contributed by atoms with Crippen molar-refractivity contribution in [2.24, 2.45) is 0 Å². The molecular formula is C16H18N4. The molecule has 4 heteroatoms. The first-order valence-corrected chi connectivity index (χ1v) is 6.83. The van der Waals surface area contributed by atoms with E-state index in [1.54, 1.807) is 0 Å². The molecule has 1 N–H and O–H groups in total. The average Bonchev–Trinajstić information content (AvgIpc) is 2.93. The Kier molecular flexibility index (Phi) is 3.37. The van der Waals surface area contributed by atoms with Gasteiger partial charge in [-0.15, -0.1) is 0 Å². The molecule has 1 aromatic carbocycles. The number of imidazole rings is 1. The minimum atomic E-state index is 0.426. The van der Waals surface area contributed by atoms with Crippen LogP contribution in [0.3, 0.4) is 0 Å². The second-order valence-corrected chi connectivity index (χ2v) is 5.15. The molecule has 3 aromatic rings. The maximum atomic E-state index is 4.33. The Morgan fingerprint density at radius 1 is 1.25 bits per heavy atom. The number of aromatic nitrogens is 3. The molecule has 0 amide bonds. The van der Waals surface area contributed by atoms with E-state index in [2.05, 4.69) is 51.9 Å². The standard InChI is InChI=1S/C16H18N4/c1-12(2)20-11-17-9-15(20)10-19-14-5-6-16-13(8-14)4-3-7-18-16/h3-9,11-12,19H,10H2,1-2H3. The summed E-state index contributed by atoms with van der Waals surface area (Å²) >= 11 is 0. The second kappa shape index (κ2) is 5.33. The van der Waals surface area contributed by atoms with Gasteiger partial charge in [0.05, 0.1) is 24.1 Å². The summed E-state index contributed by atoms with van der Waals surface area (Å²) in [6.07, 6.45) is 5.61. The Bertz CT molecular complexity index is 715. The summed E-state index contributed by atoms with van der Waals surface area (Å²) in [5, 5.41) is 4.59. The molecular weight excluding hydrogens is 248 g/mol. The fourth-order valence-electron chi connectivity index (χ4n) is 2.31. The number of nitrogens with one attached hydrogen (secondary N) is 1. The molecule has 0 radical (unpaired) electrons. The summed E-state index contributed by atoms with van der Waals surface area (Å²) in [5.74, 6) is 0. The van der Waals surface area contributed by atoms with Crippen LogP contribution in [0.25, 0.3) is 10.9 Å². The van der Waals surface area contributed by atoms with Crippen molar-refractivity contribution < 1.29 is 0 Å². The highest BCUT2D eigenvalue weighted by Gasteiger charge is 2.05. The zero-order valence-corrected chi connectivity index (χ0v) is 11.7. The largest absolute Gasteiger partial charge is 0.379 e. The molecule has 102 valence electrons. The highest BCUT2D eigenvalue weighted by atomic mass is 15.1. The van der Waals surface area contributed by atoms with E-state index >= 15 is 0 Å². The van der Waals surface area contributed by atoms with Gasteiger partial charge in [0.15, 0.2) is 0 Å². The summed E-state index contributed by atoms with van der Waals surface area (Å²) in [7, 11) is 0. The molecule has 20 heavy (non-hydrogen) atoms. The Balaban J connectivity index is 1.78. The van der Waals surface area contributed by atoms with Crippen molar-refractivity contribution in [1.82, 2.24) is 14.5 Å². The van der Waals surface area contributed by atoms with Crippen LogP contribution >= 0.6 is 0 Å². The highest BCUT2D eigenvalue weighted by molar-refractivity contribution is 5.82. The molecule has 0 fully saturated rings. The quantitative estimate of drug-likeness (QED) is 0.784. The lowest BCUT2D eigenvalue weighted by molar-refractivity contribution is 0.577. The molecule has 4 nitrogen and oxygen atoms in total. The maximum Gasteiger partial charge on any atom is 0.0951 e. The predicted molar refractivity (Wildman–Crippen MR) is 81.7 cm³/mol. The topological polar surface area (TPSA) is 42.7 Å². The molecule has 0 aliphatic rings. The first-order chi connectivity index (χ1) is 9.74. The van der Waals surface area contributed by atoms with E-state index in [4.69, 9.17) is 0 Å². The van der Waals surface area contributed by atoms with Crippen LogP contribution in [0.5, 0.6) is 0 Å². The number of hydrogen-bond acceptors (Lipinski definition) is 3. The summed E-state index contributed by atoms with van der Waals surface area (Å²) in [6, 6.07) is 10.7. The van der Waals surface area contributed by atoms with Gasteiger partial charge in [-0.25, -0.2) is 4.98 Å². The van der Waals surface area contributed by atoms with E-state index in [9.17, 15) is 0 Å². The third kappa shape index (κ3) is 2.50. The van der Waals surface area contributed by atoms with Crippen molar-refractivity contribution in [2.45, 2.75) is 26.4 Å². The Morgan fingerprint density at radius 2 is 2.15 bits per heavy atom. The molecule has 0 saturated carbocycles. The van der Waals surface area contributed by atoms with E-state index in [1.165, 1.54) is 5.69 Å². The fourth-order valence-corrected chi connectivity index (χ4v) is 2.31. The number of rotatable bonds is 4. The molecule has 2 heterocycles. The van der Waals surface area contributed by atoms with Crippen molar-refractivity contribution in [2.75, 3.05) is 5.32 Å². The van der Waals surface area contributed by atoms with Crippen LogP contribution in [0, 0.1) is 0 Å². The Hall–Kier alpha value is -2.36. The Morgan fingerprint density at radius 3 is 3.00 bits per heavy atom. The molecule has 0 aliphatic heterocycles. The van der Waals surface area contributed by atoms with Gasteiger partial charge in [0, 0.05) is 29.5 Å². The van der Waals surface area contributed by atoms with Crippen LogP contribution in [0.1, 0.15) is 25.6 Å². The lowest BCUT2D eigenvalue weighted by Crippen LogP contribution is -2.08. The van der Waals surface area contributed by atoms with Crippen LogP contribution in [-0.4, -0.2) is 14.5 Å². The number of pyridine rings is 1. The van der Waals surface area contributed by atoms with Crippen LogP contribution in [0.2, 0.25) is 0 Å². The predicted octanol–water partition coefficient (Wildman–Crippen LogP) is 3.62. The van der Waals surface area contributed by atoms with Gasteiger partial charge in [-0.05, 0) is 38.1 Å². The van der Waals surface area contributed by atoms with Gasteiger partial charge in [0.1, 0.15) is 0 Å². The number of anilines is 1. The summed E-state index contributed by atoms with van der Waals surface area (Å²) in [6.45, 7) is 5.09. The lowest BCUT2D eigenvalue weighted by Gasteiger charge is -2.13. The van der Waals surface area contributed by atoms with Crippen molar-refractivity contribution in [3.05, 3.63) is 54.7 Å². The van der Waals surface area contributed by atoms with Gasteiger partial charge in [-0.2, -0.15) is 0 Å². The molecule has 3 rings (SSSR count). The Labute approximate surface area is 118 Å². The van der Waals surface area contributed by atoms with Gasteiger partial charge in [0.25, 0.3) is 0 Å². The van der Waals surface area contributed by atoms with Crippen molar-refractivity contribution >= 4 is 16.6 Å².